The van der Waals surface area contributed by atoms with Crippen LogP contribution in [0, 0.1) is 0 Å². The Morgan fingerprint density at radius 1 is 1.26 bits per heavy atom. The van der Waals surface area contributed by atoms with E-state index in [1.807, 2.05) is 17.5 Å². The van der Waals surface area contributed by atoms with E-state index in [0.29, 0.717) is 17.1 Å². The first-order valence-electron chi connectivity index (χ1n) is 8.09. The molecule has 2 rings (SSSR count). The summed E-state index contributed by atoms with van der Waals surface area (Å²) in [7, 11) is 1.64. The van der Waals surface area contributed by atoms with Crippen LogP contribution in [-0.4, -0.2) is 36.5 Å². The summed E-state index contributed by atoms with van der Waals surface area (Å²) in [6, 6.07) is 9.06. The molecule has 0 radical (unpaired) electrons. The standard InChI is InChI=1S/C18H20ClN3O4S/c1-22(10-12-5-4-8-27-12)16(23)11-26-17(24)9-15(21-18(20)25)13-6-2-3-7-14(13)19/h2-8,15H,9-11H2,1H3,(H3,20,21,25)/t15-/m1/s1. The van der Waals surface area contributed by atoms with Crippen molar-refractivity contribution >= 4 is 40.8 Å². The van der Waals surface area contributed by atoms with Gasteiger partial charge < -0.3 is 20.7 Å². The normalized spacial score (nSPS) is 11.5. The zero-order chi connectivity index (χ0) is 19.8. The van der Waals surface area contributed by atoms with Crippen LogP contribution >= 0.6 is 22.9 Å². The van der Waals surface area contributed by atoms with Crippen LogP contribution in [0.4, 0.5) is 4.79 Å². The van der Waals surface area contributed by atoms with Crippen molar-refractivity contribution in [2.24, 2.45) is 5.73 Å². The van der Waals surface area contributed by atoms with Crippen molar-refractivity contribution in [3.63, 3.8) is 0 Å². The van der Waals surface area contributed by atoms with Gasteiger partial charge in [-0.3, -0.25) is 9.59 Å². The van der Waals surface area contributed by atoms with Gasteiger partial charge in [0.15, 0.2) is 6.61 Å². The van der Waals surface area contributed by atoms with Crippen LogP contribution in [0.3, 0.4) is 0 Å². The van der Waals surface area contributed by atoms with Crippen molar-refractivity contribution in [1.82, 2.24) is 10.2 Å². The third-order valence-corrected chi connectivity index (χ3v) is 4.93. The largest absolute Gasteiger partial charge is 0.455 e. The van der Waals surface area contributed by atoms with E-state index in [1.54, 1.807) is 31.3 Å². The lowest BCUT2D eigenvalue weighted by Crippen LogP contribution is -2.35. The second-order valence-electron chi connectivity index (χ2n) is 5.78. The Morgan fingerprint density at radius 3 is 2.63 bits per heavy atom. The van der Waals surface area contributed by atoms with Crippen molar-refractivity contribution in [3.8, 4) is 0 Å². The van der Waals surface area contributed by atoms with Gasteiger partial charge in [0, 0.05) is 16.9 Å². The van der Waals surface area contributed by atoms with Crippen LogP contribution in [0.5, 0.6) is 0 Å². The number of primary amides is 1. The molecule has 1 aromatic heterocycles. The highest BCUT2D eigenvalue weighted by molar-refractivity contribution is 7.09. The number of amides is 3. The average molecular weight is 410 g/mol. The lowest BCUT2D eigenvalue weighted by Gasteiger charge is -2.19. The summed E-state index contributed by atoms with van der Waals surface area (Å²) in [6.45, 7) is 0.0616. The minimum Gasteiger partial charge on any atom is -0.455 e. The van der Waals surface area contributed by atoms with Gasteiger partial charge in [-0.15, -0.1) is 11.3 Å². The predicted molar refractivity (Wildman–Crippen MR) is 103 cm³/mol. The van der Waals surface area contributed by atoms with Crippen LogP contribution in [-0.2, 0) is 20.9 Å². The summed E-state index contributed by atoms with van der Waals surface area (Å²) in [6.07, 6.45) is -0.200. The number of carbonyl (C=O) groups is 3. The SMILES string of the molecule is CN(Cc1cccs1)C(=O)COC(=O)C[C@@H](NC(N)=O)c1ccccc1Cl. The maximum atomic E-state index is 12.1. The second kappa shape index (κ2) is 9.94. The molecule has 0 saturated carbocycles. The number of ether oxygens (including phenoxy) is 1. The summed E-state index contributed by atoms with van der Waals surface area (Å²) in [4.78, 5) is 38.0. The van der Waals surface area contributed by atoms with Gasteiger partial charge in [-0.25, -0.2) is 4.79 Å². The molecule has 144 valence electrons. The highest BCUT2D eigenvalue weighted by Gasteiger charge is 2.21. The molecule has 7 nitrogen and oxygen atoms in total. The molecule has 27 heavy (non-hydrogen) atoms. The van der Waals surface area contributed by atoms with Crippen LogP contribution in [0.15, 0.2) is 41.8 Å². The molecule has 0 aliphatic carbocycles. The van der Waals surface area contributed by atoms with E-state index in [9.17, 15) is 14.4 Å². The molecule has 1 atom stereocenters. The van der Waals surface area contributed by atoms with E-state index in [1.165, 1.54) is 16.2 Å². The number of esters is 1. The number of benzene rings is 1. The Bertz CT molecular complexity index is 798. The molecule has 0 bridgehead atoms. The lowest BCUT2D eigenvalue weighted by atomic mass is 10.0. The average Bonchev–Trinajstić information content (AvgIpc) is 3.12. The molecule has 1 heterocycles. The van der Waals surface area contributed by atoms with Crippen molar-refractivity contribution in [1.29, 1.82) is 0 Å². The fourth-order valence-corrected chi connectivity index (χ4v) is 3.40. The molecular formula is C18H20ClN3O4S. The summed E-state index contributed by atoms with van der Waals surface area (Å²) >= 11 is 7.66. The summed E-state index contributed by atoms with van der Waals surface area (Å²) in [5.41, 5.74) is 5.72. The van der Waals surface area contributed by atoms with Crippen LogP contribution < -0.4 is 11.1 Å². The minimum atomic E-state index is -0.792. The first-order chi connectivity index (χ1) is 12.9. The Kier molecular flexibility index (Phi) is 7.63. The smallest absolute Gasteiger partial charge is 0.312 e. The Hall–Kier alpha value is -2.58. The van der Waals surface area contributed by atoms with Gasteiger partial charge in [0.2, 0.25) is 0 Å². The molecule has 0 saturated heterocycles. The van der Waals surface area contributed by atoms with Crippen molar-refractivity contribution < 1.29 is 19.1 Å². The highest BCUT2D eigenvalue weighted by atomic mass is 35.5. The minimum absolute atomic E-state index is 0.200. The van der Waals surface area contributed by atoms with E-state index < -0.39 is 18.0 Å². The summed E-state index contributed by atoms with van der Waals surface area (Å²) < 4.78 is 5.06. The third kappa shape index (κ3) is 6.58. The first-order valence-corrected chi connectivity index (χ1v) is 9.35. The van der Waals surface area contributed by atoms with Crippen molar-refractivity contribution in [2.45, 2.75) is 19.0 Å². The second-order valence-corrected chi connectivity index (χ2v) is 7.22. The molecule has 0 aliphatic rings. The quantitative estimate of drug-likeness (QED) is 0.654. The summed E-state index contributed by atoms with van der Waals surface area (Å²) in [5, 5.41) is 4.78. The maximum Gasteiger partial charge on any atom is 0.312 e. The van der Waals surface area contributed by atoms with Crippen molar-refractivity contribution in [2.75, 3.05) is 13.7 Å². The van der Waals surface area contributed by atoms with Gasteiger partial charge in [-0.1, -0.05) is 35.9 Å². The Morgan fingerprint density at radius 2 is 2.00 bits per heavy atom. The van der Waals surface area contributed by atoms with Crippen molar-refractivity contribution in [3.05, 3.63) is 57.2 Å². The molecule has 3 amide bonds. The molecule has 1 aromatic carbocycles. The molecule has 9 heteroatoms. The topological polar surface area (TPSA) is 102 Å². The third-order valence-electron chi connectivity index (χ3n) is 3.72. The van der Waals surface area contributed by atoms with Gasteiger partial charge in [0.1, 0.15) is 0 Å². The zero-order valence-electron chi connectivity index (χ0n) is 14.7. The number of nitrogens with one attached hydrogen (secondary N) is 1. The number of nitrogens with two attached hydrogens (primary N) is 1. The predicted octanol–water partition coefficient (Wildman–Crippen LogP) is 2.70. The highest BCUT2D eigenvalue weighted by Crippen LogP contribution is 2.25. The van der Waals surface area contributed by atoms with E-state index in [0.717, 1.165) is 4.88 Å². The summed E-state index contributed by atoms with van der Waals surface area (Å²) in [5.74, 6) is -0.972. The van der Waals surface area contributed by atoms with E-state index in [-0.39, 0.29) is 18.9 Å². The van der Waals surface area contributed by atoms with Gasteiger partial charge in [-0.2, -0.15) is 0 Å². The fraction of sp³-hybridized carbons (Fsp3) is 0.278. The Balaban J connectivity index is 1.90. The van der Waals surface area contributed by atoms with Gasteiger partial charge in [-0.05, 0) is 23.1 Å². The molecule has 2 aromatic rings. The fourth-order valence-electron chi connectivity index (χ4n) is 2.37. The number of hydrogen-bond acceptors (Lipinski definition) is 5. The van der Waals surface area contributed by atoms with Gasteiger partial charge >= 0.3 is 12.0 Å². The molecular weight excluding hydrogens is 390 g/mol. The molecule has 0 unspecified atom stereocenters. The number of likely N-dealkylation sites (N-methyl/N-ethyl adjacent to an activating group) is 1. The molecule has 0 aliphatic heterocycles. The monoisotopic (exact) mass is 409 g/mol. The number of hydrogen-bond donors (Lipinski definition) is 2. The number of carbonyl (C=O) groups excluding carboxylic acids is 3. The first kappa shape index (κ1) is 20.7. The number of halogens is 1. The molecule has 0 spiro atoms. The van der Waals surface area contributed by atoms with Crippen LogP contribution in [0.1, 0.15) is 22.9 Å². The Labute approximate surface area is 166 Å². The van der Waals surface area contributed by atoms with E-state index in [2.05, 4.69) is 5.32 Å². The number of rotatable bonds is 8. The molecule has 3 N–H and O–H groups in total. The van der Waals surface area contributed by atoms with E-state index >= 15 is 0 Å². The van der Waals surface area contributed by atoms with E-state index in [4.69, 9.17) is 22.1 Å². The lowest BCUT2D eigenvalue weighted by molar-refractivity contribution is -0.152. The van der Waals surface area contributed by atoms with Gasteiger partial charge in [0.25, 0.3) is 5.91 Å². The zero-order valence-corrected chi connectivity index (χ0v) is 16.3. The number of thiophene rings is 1. The molecule has 0 fully saturated rings. The van der Waals surface area contributed by atoms with Crippen LogP contribution in [0.2, 0.25) is 5.02 Å². The van der Waals surface area contributed by atoms with Gasteiger partial charge in [0.05, 0.1) is 19.0 Å². The number of urea groups is 1. The maximum absolute atomic E-state index is 12.1. The van der Waals surface area contributed by atoms with Crippen LogP contribution in [0.25, 0.3) is 0 Å². The number of nitrogens with zero attached hydrogens (tertiary/aromatic N) is 1.